The van der Waals surface area contributed by atoms with E-state index >= 15 is 0 Å². The molecule has 0 atom stereocenters. The molecule has 0 bridgehead atoms. The molecule has 2 nitrogen and oxygen atoms in total. The average Bonchev–Trinajstić information content (AvgIpc) is 2.02. The predicted octanol–water partition coefficient (Wildman–Crippen LogP) is 1.86. The fourth-order valence-electron chi connectivity index (χ4n) is 2.07. The van der Waals surface area contributed by atoms with Crippen LogP contribution in [-0.2, 0) is 4.79 Å². The van der Waals surface area contributed by atoms with Gasteiger partial charge in [0.25, 0.3) is 0 Å². The molecule has 1 amide bonds. The Labute approximate surface area is 80.3 Å². The first-order chi connectivity index (χ1) is 6.27. The normalized spacial score (nSPS) is 25.8. The maximum absolute atomic E-state index is 11.8. The molecule has 2 rings (SSSR count). The highest BCUT2D eigenvalue weighted by Gasteiger charge is 2.30. The van der Waals surface area contributed by atoms with Gasteiger partial charge >= 0.3 is 0 Å². The van der Waals surface area contributed by atoms with Gasteiger partial charge < -0.3 is 4.90 Å². The maximum Gasteiger partial charge on any atom is 0.225 e. The molecule has 0 aromatic carbocycles. The molecular weight excluding hydrogens is 162 g/mol. The number of piperidine rings is 1. The molecule has 1 saturated carbocycles. The minimum Gasteiger partial charge on any atom is -0.342 e. The van der Waals surface area contributed by atoms with Crippen LogP contribution in [0.25, 0.3) is 0 Å². The topological polar surface area (TPSA) is 20.3 Å². The summed E-state index contributed by atoms with van der Waals surface area (Å²) >= 11 is 0. The van der Waals surface area contributed by atoms with Crippen molar-refractivity contribution in [2.45, 2.75) is 32.1 Å². The second kappa shape index (κ2) is 3.69. The Kier molecular flexibility index (Phi) is 2.56. The van der Waals surface area contributed by atoms with Crippen LogP contribution in [0.1, 0.15) is 32.1 Å². The second-order valence-electron chi connectivity index (χ2n) is 4.40. The van der Waals surface area contributed by atoms with Gasteiger partial charge in [-0.1, -0.05) is 13.3 Å². The van der Waals surface area contributed by atoms with Gasteiger partial charge in [-0.2, -0.15) is 0 Å². The van der Waals surface area contributed by atoms with Gasteiger partial charge in [0.05, 0.1) is 0 Å². The lowest BCUT2D eigenvalue weighted by molar-refractivity contribution is -0.139. The number of carbonyl (C=O) groups is 1. The highest BCUT2D eigenvalue weighted by atomic mass is 16.2. The number of amides is 1. The zero-order chi connectivity index (χ0) is 9.26. The van der Waals surface area contributed by atoms with Gasteiger partial charge in [0.1, 0.15) is 0 Å². The zero-order valence-corrected chi connectivity index (χ0v) is 8.17. The average molecular weight is 180 g/mol. The van der Waals surface area contributed by atoms with Crippen molar-refractivity contribution in [3.63, 3.8) is 0 Å². The van der Waals surface area contributed by atoms with Crippen molar-refractivity contribution in [3.05, 3.63) is 6.92 Å². The van der Waals surface area contributed by atoms with Gasteiger partial charge in [-0.3, -0.25) is 4.79 Å². The van der Waals surface area contributed by atoms with Crippen LogP contribution < -0.4 is 0 Å². The number of carbonyl (C=O) groups excluding carboxylic acids is 1. The van der Waals surface area contributed by atoms with Crippen LogP contribution in [-0.4, -0.2) is 23.9 Å². The highest BCUT2D eigenvalue weighted by molar-refractivity contribution is 5.79. The molecule has 0 N–H and O–H groups in total. The van der Waals surface area contributed by atoms with Gasteiger partial charge in [-0.05, 0) is 31.6 Å². The summed E-state index contributed by atoms with van der Waals surface area (Å²) < 4.78 is 0. The summed E-state index contributed by atoms with van der Waals surface area (Å²) in [6.07, 6.45) is 5.70. The first-order valence-corrected chi connectivity index (χ1v) is 5.39. The van der Waals surface area contributed by atoms with Crippen molar-refractivity contribution in [1.29, 1.82) is 0 Å². The van der Waals surface area contributed by atoms with Gasteiger partial charge in [0, 0.05) is 19.0 Å². The molecule has 0 spiro atoms. The van der Waals surface area contributed by atoms with Crippen LogP contribution >= 0.6 is 0 Å². The Hall–Kier alpha value is -0.530. The Balaban J connectivity index is 1.83. The number of likely N-dealkylation sites (tertiary alicyclic amines) is 1. The third-order valence-corrected chi connectivity index (χ3v) is 3.38. The molecule has 1 aliphatic heterocycles. The lowest BCUT2D eigenvalue weighted by atomic mass is 9.83. The molecule has 1 aliphatic carbocycles. The first kappa shape index (κ1) is 9.04. The SMILES string of the molecule is [CH2]C1CCN(C(=O)C2CCC2)CC1. The molecule has 13 heavy (non-hydrogen) atoms. The summed E-state index contributed by atoms with van der Waals surface area (Å²) in [6.45, 7) is 5.93. The summed E-state index contributed by atoms with van der Waals surface area (Å²) in [7, 11) is 0. The summed E-state index contributed by atoms with van der Waals surface area (Å²) in [5, 5.41) is 0. The predicted molar refractivity (Wildman–Crippen MR) is 52.0 cm³/mol. The van der Waals surface area contributed by atoms with E-state index in [0.29, 0.717) is 17.7 Å². The fourth-order valence-corrected chi connectivity index (χ4v) is 2.07. The van der Waals surface area contributed by atoms with Crippen LogP contribution in [0.5, 0.6) is 0 Å². The molecule has 2 heteroatoms. The molecule has 2 aliphatic rings. The van der Waals surface area contributed by atoms with Crippen LogP contribution in [0.15, 0.2) is 0 Å². The molecule has 0 aromatic heterocycles. The highest BCUT2D eigenvalue weighted by Crippen LogP contribution is 2.29. The number of hydrogen-bond donors (Lipinski definition) is 0. The summed E-state index contributed by atoms with van der Waals surface area (Å²) in [4.78, 5) is 13.8. The number of rotatable bonds is 1. The number of nitrogens with zero attached hydrogens (tertiary/aromatic N) is 1. The third-order valence-electron chi connectivity index (χ3n) is 3.38. The van der Waals surface area contributed by atoms with Crippen molar-refractivity contribution in [1.82, 2.24) is 4.90 Å². The van der Waals surface area contributed by atoms with Crippen LogP contribution in [0, 0.1) is 18.8 Å². The van der Waals surface area contributed by atoms with Gasteiger partial charge in [-0.25, -0.2) is 0 Å². The van der Waals surface area contributed by atoms with Crippen molar-refractivity contribution < 1.29 is 4.79 Å². The van der Waals surface area contributed by atoms with Gasteiger partial charge in [0.15, 0.2) is 0 Å². The van der Waals surface area contributed by atoms with E-state index in [9.17, 15) is 4.79 Å². The molecular formula is C11H18NO. The van der Waals surface area contributed by atoms with Crippen LogP contribution in [0.4, 0.5) is 0 Å². The molecule has 73 valence electrons. The Morgan fingerprint density at radius 3 is 2.23 bits per heavy atom. The molecule has 0 unspecified atom stereocenters. The maximum atomic E-state index is 11.8. The van der Waals surface area contributed by atoms with E-state index in [1.54, 1.807) is 0 Å². The summed E-state index contributed by atoms with van der Waals surface area (Å²) in [5.74, 6) is 1.37. The lowest BCUT2D eigenvalue weighted by Crippen LogP contribution is -2.43. The Bertz CT molecular complexity index is 190. The largest absolute Gasteiger partial charge is 0.342 e. The van der Waals surface area contributed by atoms with Crippen molar-refractivity contribution >= 4 is 5.91 Å². The minimum atomic E-state index is 0.376. The van der Waals surface area contributed by atoms with Crippen molar-refractivity contribution in [3.8, 4) is 0 Å². The van der Waals surface area contributed by atoms with Gasteiger partial charge in [-0.15, -0.1) is 0 Å². The molecule has 1 saturated heterocycles. The molecule has 2 fully saturated rings. The van der Waals surface area contributed by atoms with Crippen LogP contribution in [0.2, 0.25) is 0 Å². The van der Waals surface area contributed by atoms with E-state index in [0.717, 1.165) is 38.8 Å². The quantitative estimate of drug-likeness (QED) is 0.603. The van der Waals surface area contributed by atoms with E-state index in [4.69, 9.17) is 0 Å². The van der Waals surface area contributed by atoms with E-state index in [1.165, 1.54) is 6.42 Å². The smallest absolute Gasteiger partial charge is 0.225 e. The zero-order valence-electron chi connectivity index (χ0n) is 8.17. The van der Waals surface area contributed by atoms with E-state index in [-0.39, 0.29) is 0 Å². The van der Waals surface area contributed by atoms with Crippen LogP contribution in [0.3, 0.4) is 0 Å². The van der Waals surface area contributed by atoms with Gasteiger partial charge in [0.2, 0.25) is 5.91 Å². The third kappa shape index (κ3) is 1.87. The molecule has 0 aromatic rings. The molecule has 1 heterocycles. The summed E-state index contributed by atoms with van der Waals surface area (Å²) in [5.41, 5.74) is 0. The second-order valence-corrected chi connectivity index (χ2v) is 4.40. The van der Waals surface area contributed by atoms with E-state index in [1.807, 2.05) is 4.90 Å². The fraction of sp³-hybridized carbons (Fsp3) is 0.818. The summed E-state index contributed by atoms with van der Waals surface area (Å²) in [6, 6.07) is 0. The van der Waals surface area contributed by atoms with Crippen molar-refractivity contribution in [2.75, 3.05) is 13.1 Å². The lowest BCUT2D eigenvalue weighted by Gasteiger charge is -2.35. The van der Waals surface area contributed by atoms with E-state index in [2.05, 4.69) is 6.92 Å². The monoisotopic (exact) mass is 180 g/mol. The Morgan fingerprint density at radius 2 is 1.77 bits per heavy atom. The van der Waals surface area contributed by atoms with Crippen molar-refractivity contribution in [2.24, 2.45) is 11.8 Å². The Morgan fingerprint density at radius 1 is 1.15 bits per heavy atom. The van der Waals surface area contributed by atoms with E-state index < -0.39 is 0 Å². The standard InChI is InChI=1S/C11H18NO/c1-9-5-7-12(8-6-9)11(13)10-3-2-4-10/h9-10H,1-8H2. The minimum absolute atomic E-state index is 0.376. The molecule has 1 radical (unpaired) electrons. The number of hydrogen-bond acceptors (Lipinski definition) is 1. The first-order valence-electron chi connectivity index (χ1n) is 5.39.